The van der Waals surface area contributed by atoms with E-state index < -0.39 is 0 Å². The molecular weight excluding hydrogens is 294 g/mol. The molecule has 0 saturated heterocycles. The van der Waals surface area contributed by atoms with Crippen molar-refractivity contribution in [1.82, 2.24) is 15.0 Å². The van der Waals surface area contributed by atoms with Crippen LogP contribution in [0.5, 0.6) is 0 Å². The number of nitrogens with zero attached hydrogens (tertiary/aromatic N) is 2. The standard InChI is InChI=1S/C14H8ClN3OS/c15-9-2-1-8-3-13(19-12(8)4-9)11-6-20-14(18-11)10-5-16-7-17-10/h1-7H,(H,16,17). The van der Waals surface area contributed by atoms with Gasteiger partial charge in [-0.1, -0.05) is 11.6 Å². The van der Waals surface area contributed by atoms with Gasteiger partial charge in [-0.3, -0.25) is 0 Å². The van der Waals surface area contributed by atoms with Crippen LogP contribution < -0.4 is 0 Å². The molecular formula is C14H8ClN3OS. The van der Waals surface area contributed by atoms with Gasteiger partial charge < -0.3 is 9.40 Å². The van der Waals surface area contributed by atoms with Crippen molar-refractivity contribution < 1.29 is 4.42 Å². The number of nitrogens with one attached hydrogen (secondary N) is 1. The molecule has 3 heterocycles. The van der Waals surface area contributed by atoms with Crippen molar-refractivity contribution in [1.29, 1.82) is 0 Å². The molecule has 0 radical (unpaired) electrons. The first-order valence-electron chi connectivity index (χ1n) is 5.93. The summed E-state index contributed by atoms with van der Waals surface area (Å²) < 4.78 is 5.80. The van der Waals surface area contributed by atoms with E-state index >= 15 is 0 Å². The van der Waals surface area contributed by atoms with E-state index in [1.165, 1.54) is 0 Å². The zero-order chi connectivity index (χ0) is 13.5. The smallest absolute Gasteiger partial charge is 0.154 e. The summed E-state index contributed by atoms with van der Waals surface area (Å²) in [4.78, 5) is 11.6. The minimum absolute atomic E-state index is 0.662. The van der Waals surface area contributed by atoms with E-state index in [-0.39, 0.29) is 0 Å². The molecule has 6 heteroatoms. The summed E-state index contributed by atoms with van der Waals surface area (Å²) in [5, 5.41) is 4.53. The van der Waals surface area contributed by atoms with Gasteiger partial charge in [0, 0.05) is 21.9 Å². The fourth-order valence-corrected chi connectivity index (χ4v) is 2.96. The van der Waals surface area contributed by atoms with Gasteiger partial charge in [-0.05, 0) is 18.2 Å². The van der Waals surface area contributed by atoms with E-state index in [1.807, 2.05) is 29.6 Å². The Labute approximate surface area is 123 Å². The van der Waals surface area contributed by atoms with Crippen molar-refractivity contribution >= 4 is 33.9 Å². The third kappa shape index (κ3) is 1.92. The summed E-state index contributed by atoms with van der Waals surface area (Å²) in [5.41, 5.74) is 2.48. The predicted molar refractivity (Wildman–Crippen MR) is 79.9 cm³/mol. The summed E-state index contributed by atoms with van der Waals surface area (Å²) in [6.45, 7) is 0. The molecule has 3 aromatic heterocycles. The number of aromatic nitrogens is 3. The minimum Gasteiger partial charge on any atom is -0.454 e. The van der Waals surface area contributed by atoms with Crippen LogP contribution in [0.2, 0.25) is 5.02 Å². The zero-order valence-corrected chi connectivity index (χ0v) is 11.7. The molecule has 1 aromatic carbocycles. The highest BCUT2D eigenvalue weighted by molar-refractivity contribution is 7.13. The van der Waals surface area contributed by atoms with Crippen LogP contribution in [0.1, 0.15) is 0 Å². The Balaban J connectivity index is 1.79. The lowest BCUT2D eigenvalue weighted by Gasteiger charge is -1.89. The van der Waals surface area contributed by atoms with Gasteiger partial charge in [0.05, 0.1) is 18.2 Å². The Morgan fingerprint density at radius 2 is 2.20 bits per heavy atom. The number of thiazole rings is 1. The average Bonchev–Trinajstić information content (AvgIpc) is 3.17. The monoisotopic (exact) mass is 301 g/mol. The molecule has 0 fully saturated rings. The number of aromatic amines is 1. The van der Waals surface area contributed by atoms with Crippen LogP contribution in [-0.2, 0) is 0 Å². The molecule has 4 rings (SSSR count). The van der Waals surface area contributed by atoms with Gasteiger partial charge in [0.15, 0.2) is 5.76 Å². The van der Waals surface area contributed by atoms with E-state index in [2.05, 4.69) is 15.0 Å². The van der Waals surface area contributed by atoms with Crippen LogP contribution in [0.25, 0.3) is 33.1 Å². The van der Waals surface area contributed by atoms with Gasteiger partial charge in [-0.25, -0.2) is 9.97 Å². The molecule has 0 bridgehead atoms. The average molecular weight is 302 g/mol. The van der Waals surface area contributed by atoms with Crippen molar-refractivity contribution in [3.8, 4) is 22.2 Å². The number of rotatable bonds is 2. The summed E-state index contributed by atoms with van der Waals surface area (Å²) in [7, 11) is 0. The third-order valence-electron chi connectivity index (χ3n) is 2.97. The highest BCUT2D eigenvalue weighted by atomic mass is 35.5. The van der Waals surface area contributed by atoms with Gasteiger partial charge >= 0.3 is 0 Å². The largest absolute Gasteiger partial charge is 0.454 e. The Hall–Kier alpha value is -2.11. The van der Waals surface area contributed by atoms with Crippen LogP contribution in [0.15, 0.2) is 46.6 Å². The number of hydrogen-bond donors (Lipinski definition) is 1. The van der Waals surface area contributed by atoms with E-state index in [4.69, 9.17) is 16.0 Å². The van der Waals surface area contributed by atoms with Crippen LogP contribution >= 0.6 is 22.9 Å². The number of benzene rings is 1. The van der Waals surface area contributed by atoms with Crippen LogP contribution in [0.4, 0.5) is 0 Å². The first kappa shape index (κ1) is 11.7. The maximum Gasteiger partial charge on any atom is 0.154 e. The Kier molecular flexibility index (Phi) is 2.61. The number of fused-ring (bicyclic) bond motifs is 1. The molecule has 20 heavy (non-hydrogen) atoms. The molecule has 98 valence electrons. The van der Waals surface area contributed by atoms with Gasteiger partial charge in [-0.15, -0.1) is 11.3 Å². The number of H-pyrrole nitrogens is 1. The van der Waals surface area contributed by atoms with Crippen molar-refractivity contribution in [2.45, 2.75) is 0 Å². The molecule has 0 amide bonds. The summed E-state index contributed by atoms with van der Waals surface area (Å²) in [5.74, 6) is 0.740. The lowest BCUT2D eigenvalue weighted by molar-refractivity contribution is 0.629. The highest BCUT2D eigenvalue weighted by Crippen LogP contribution is 2.32. The normalized spacial score (nSPS) is 11.2. The van der Waals surface area contributed by atoms with E-state index in [0.717, 1.165) is 33.1 Å². The lowest BCUT2D eigenvalue weighted by Crippen LogP contribution is -1.76. The first-order valence-corrected chi connectivity index (χ1v) is 7.19. The summed E-state index contributed by atoms with van der Waals surface area (Å²) in [6, 6.07) is 7.56. The van der Waals surface area contributed by atoms with E-state index in [0.29, 0.717) is 5.02 Å². The molecule has 1 N–H and O–H groups in total. The Morgan fingerprint density at radius 3 is 3.05 bits per heavy atom. The summed E-state index contributed by atoms with van der Waals surface area (Å²) in [6.07, 6.45) is 3.39. The van der Waals surface area contributed by atoms with E-state index in [1.54, 1.807) is 23.9 Å². The molecule has 0 aliphatic heterocycles. The molecule has 4 nitrogen and oxygen atoms in total. The highest BCUT2D eigenvalue weighted by Gasteiger charge is 2.12. The van der Waals surface area contributed by atoms with E-state index in [9.17, 15) is 0 Å². The second kappa shape index (κ2) is 4.47. The summed E-state index contributed by atoms with van der Waals surface area (Å²) >= 11 is 7.51. The maximum atomic E-state index is 5.96. The molecule has 0 saturated carbocycles. The van der Waals surface area contributed by atoms with Crippen LogP contribution in [0, 0.1) is 0 Å². The first-order chi connectivity index (χ1) is 9.79. The topological polar surface area (TPSA) is 54.7 Å². The lowest BCUT2D eigenvalue weighted by atomic mass is 10.2. The zero-order valence-electron chi connectivity index (χ0n) is 10.1. The van der Waals surface area contributed by atoms with Crippen LogP contribution in [-0.4, -0.2) is 15.0 Å². The Morgan fingerprint density at radius 1 is 1.25 bits per heavy atom. The van der Waals surface area contributed by atoms with Crippen molar-refractivity contribution in [3.05, 3.63) is 47.2 Å². The molecule has 0 atom stereocenters. The second-order valence-corrected chi connectivity index (χ2v) is 5.59. The van der Waals surface area contributed by atoms with Crippen molar-refractivity contribution in [2.75, 3.05) is 0 Å². The quantitative estimate of drug-likeness (QED) is 0.588. The van der Waals surface area contributed by atoms with Crippen LogP contribution in [0.3, 0.4) is 0 Å². The number of halogens is 1. The maximum absolute atomic E-state index is 5.96. The fourth-order valence-electron chi connectivity index (χ4n) is 2.01. The van der Waals surface area contributed by atoms with Gasteiger partial charge in [0.1, 0.15) is 16.3 Å². The van der Waals surface area contributed by atoms with Crippen molar-refractivity contribution in [3.63, 3.8) is 0 Å². The van der Waals surface area contributed by atoms with Gasteiger partial charge in [0.25, 0.3) is 0 Å². The van der Waals surface area contributed by atoms with Gasteiger partial charge in [-0.2, -0.15) is 0 Å². The number of furan rings is 1. The van der Waals surface area contributed by atoms with Gasteiger partial charge in [0.2, 0.25) is 0 Å². The molecule has 0 aliphatic carbocycles. The predicted octanol–water partition coefficient (Wildman–Crippen LogP) is 4.60. The molecule has 4 aromatic rings. The molecule has 0 aliphatic rings. The third-order valence-corrected chi connectivity index (χ3v) is 4.08. The molecule has 0 spiro atoms. The SMILES string of the molecule is Clc1ccc2cc(-c3csc(-c4cnc[nH]4)n3)oc2c1. The minimum atomic E-state index is 0.662. The molecule has 0 unspecified atom stereocenters. The second-order valence-electron chi connectivity index (χ2n) is 4.30. The Bertz CT molecular complexity index is 879. The number of imidazole rings is 1. The van der Waals surface area contributed by atoms with Crippen molar-refractivity contribution in [2.24, 2.45) is 0 Å². The fraction of sp³-hybridized carbons (Fsp3) is 0. The number of hydrogen-bond acceptors (Lipinski definition) is 4.